The topological polar surface area (TPSA) is 93.8 Å². The van der Waals surface area contributed by atoms with Gasteiger partial charge in [-0.1, -0.05) is 0 Å². The van der Waals surface area contributed by atoms with Gasteiger partial charge in [-0.3, -0.25) is 9.58 Å². The van der Waals surface area contributed by atoms with Gasteiger partial charge in [-0.25, -0.2) is 4.52 Å². The molecule has 0 atom stereocenters. The molecule has 1 aliphatic carbocycles. The molecule has 1 saturated carbocycles. The minimum absolute atomic E-state index is 0.391. The first-order valence-electron chi connectivity index (χ1n) is 12.6. The lowest BCUT2D eigenvalue weighted by atomic mass is 9.90. The van der Waals surface area contributed by atoms with Crippen molar-refractivity contribution in [2.75, 3.05) is 50.2 Å². The Hall–Kier alpha value is -2.69. The van der Waals surface area contributed by atoms with Crippen molar-refractivity contribution < 1.29 is 9.47 Å². The van der Waals surface area contributed by atoms with Crippen molar-refractivity contribution >= 4 is 23.0 Å². The van der Waals surface area contributed by atoms with Gasteiger partial charge in [-0.2, -0.15) is 10.1 Å². The van der Waals surface area contributed by atoms with E-state index in [0.29, 0.717) is 24.1 Å². The van der Waals surface area contributed by atoms with Crippen molar-refractivity contribution in [2.45, 2.75) is 56.7 Å². The van der Waals surface area contributed by atoms with Gasteiger partial charge >= 0.3 is 0 Å². The SMILES string of the molecule is c1cc2c(NC3CCC(N4CCOCC4)CC3)nc(Nc3cnn(C4CCOCC4)c3)nn2c1. The molecule has 182 valence electrons. The van der Waals surface area contributed by atoms with Gasteiger partial charge in [0.05, 0.1) is 31.1 Å². The van der Waals surface area contributed by atoms with Crippen LogP contribution in [-0.2, 0) is 9.47 Å². The summed E-state index contributed by atoms with van der Waals surface area (Å²) in [6.07, 6.45) is 12.6. The van der Waals surface area contributed by atoms with Crippen molar-refractivity contribution in [3.8, 4) is 0 Å². The van der Waals surface area contributed by atoms with E-state index >= 15 is 0 Å². The van der Waals surface area contributed by atoms with Crippen LogP contribution >= 0.6 is 0 Å². The van der Waals surface area contributed by atoms with E-state index in [2.05, 4.69) is 31.8 Å². The maximum Gasteiger partial charge on any atom is 0.247 e. The van der Waals surface area contributed by atoms with Crippen LogP contribution in [0.15, 0.2) is 30.7 Å². The minimum Gasteiger partial charge on any atom is -0.381 e. The van der Waals surface area contributed by atoms with Gasteiger partial charge in [0.15, 0.2) is 5.82 Å². The molecule has 2 saturated heterocycles. The van der Waals surface area contributed by atoms with Gasteiger partial charge < -0.3 is 20.1 Å². The van der Waals surface area contributed by atoms with Crippen LogP contribution in [-0.4, -0.2) is 80.9 Å². The summed E-state index contributed by atoms with van der Waals surface area (Å²) in [7, 11) is 0. The van der Waals surface area contributed by atoms with Crippen LogP contribution in [0.4, 0.5) is 17.5 Å². The molecule has 3 aromatic heterocycles. The molecule has 10 heteroatoms. The first-order chi connectivity index (χ1) is 16.8. The van der Waals surface area contributed by atoms with E-state index in [1.807, 2.05) is 33.9 Å². The lowest BCUT2D eigenvalue weighted by Crippen LogP contribution is -2.46. The minimum atomic E-state index is 0.391. The number of hydrogen-bond acceptors (Lipinski definition) is 8. The summed E-state index contributed by atoms with van der Waals surface area (Å²) in [4.78, 5) is 7.46. The van der Waals surface area contributed by atoms with E-state index in [0.717, 1.165) is 82.2 Å². The van der Waals surface area contributed by atoms with Crippen molar-refractivity contribution in [2.24, 2.45) is 0 Å². The number of morpholine rings is 1. The van der Waals surface area contributed by atoms with Gasteiger partial charge in [0.2, 0.25) is 5.95 Å². The summed E-state index contributed by atoms with van der Waals surface area (Å²) in [5, 5.41) is 16.3. The monoisotopic (exact) mass is 466 g/mol. The molecule has 6 rings (SSSR count). The molecular weight excluding hydrogens is 432 g/mol. The Morgan fingerprint density at radius 2 is 1.71 bits per heavy atom. The second kappa shape index (κ2) is 9.89. The van der Waals surface area contributed by atoms with Crippen LogP contribution < -0.4 is 10.6 Å². The highest BCUT2D eigenvalue weighted by Crippen LogP contribution is 2.28. The van der Waals surface area contributed by atoms with E-state index in [1.54, 1.807) is 0 Å². The largest absolute Gasteiger partial charge is 0.381 e. The smallest absolute Gasteiger partial charge is 0.247 e. The molecule has 0 aromatic carbocycles. The fourth-order valence-electron chi connectivity index (χ4n) is 5.50. The lowest BCUT2D eigenvalue weighted by molar-refractivity contribution is 0.00791. The van der Waals surface area contributed by atoms with E-state index < -0.39 is 0 Å². The number of anilines is 3. The molecule has 5 heterocycles. The van der Waals surface area contributed by atoms with E-state index in [4.69, 9.17) is 14.5 Å². The third kappa shape index (κ3) is 4.75. The Labute approximate surface area is 199 Å². The van der Waals surface area contributed by atoms with Crippen LogP contribution in [0.3, 0.4) is 0 Å². The quantitative estimate of drug-likeness (QED) is 0.573. The number of rotatable bonds is 6. The molecule has 0 amide bonds. The first-order valence-corrected chi connectivity index (χ1v) is 12.6. The number of nitrogens with one attached hydrogen (secondary N) is 2. The van der Waals surface area contributed by atoms with Crippen molar-refractivity contribution in [1.29, 1.82) is 0 Å². The molecule has 0 spiro atoms. The predicted molar refractivity (Wildman–Crippen MR) is 130 cm³/mol. The second-order valence-corrected chi connectivity index (χ2v) is 9.60. The Morgan fingerprint density at radius 1 is 0.912 bits per heavy atom. The zero-order valence-electron chi connectivity index (χ0n) is 19.6. The molecule has 0 bridgehead atoms. The average Bonchev–Trinajstić information content (AvgIpc) is 3.56. The highest BCUT2D eigenvalue weighted by Gasteiger charge is 2.27. The van der Waals surface area contributed by atoms with E-state index in [1.165, 1.54) is 12.8 Å². The molecule has 34 heavy (non-hydrogen) atoms. The Balaban J connectivity index is 1.13. The summed E-state index contributed by atoms with van der Waals surface area (Å²) in [5.74, 6) is 1.45. The second-order valence-electron chi connectivity index (χ2n) is 9.60. The van der Waals surface area contributed by atoms with Gasteiger partial charge in [-0.05, 0) is 50.7 Å². The lowest BCUT2D eigenvalue weighted by Gasteiger charge is -2.39. The average molecular weight is 467 g/mol. The Kier molecular flexibility index (Phi) is 6.35. The zero-order chi connectivity index (χ0) is 22.7. The van der Waals surface area contributed by atoms with E-state index in [9.17, 15) is 0 Å². The predicted octanol–water partition coefficient (Wildman–Crippen LogP) is 3.08. The number of nitrogens with zero attached hydrogens (tertiary/aromatic N) is 6. The Bertz CT molecular complexity index is 1080. The van der Waals surface area contributed by atoms with Crippen LogP contribution in [0.25, 0.3) is 5.52 Å². The number of hydrogen-bond donors (Lipinski definition) is 2. The highest BCUT2D eigenvalue weighted by molar-refractivity contribution is 5.69. The molecular formula is C24H34N8O2. The molecule has 2 N–H and O–H groups in total. The van der Waals surface area contributed by atoms with Gasteiger partial charge in [-0.15, -0.1) is 5.10 Å². The highest BCUT2D eigenvalue weighted by atomic mass is 16.5. The molecule has 3 fully saturated rings. The Morgan fingerprint density at radius 3 is 2.53 bits per heavy atom. The summed E-state index contributed by atoms with van der Waals surface area (Å²) in [6, 6.07) is 5.58. The normalized spacial score (nSPS) is 24.9. The summed E-state index contributed by atoms with van der Waals surface area (Å²) >= 11 is 0. The maximum atomic E-state index is 5.52. The molecule has 0 unspecified atom stereocenters. The number of aromatic nitrogens is 5. The molecule has 2 aliphatic heterocycles. The van der Waals surface area contributed by atoms with Gasteiger partial charge in [0, 0.05) is 50.8 Å². The summed E-state index contributed by atoms with van der Waals surface area (Å²) < 4.78 is 14.9. The summed E-state index contributed by atoms with van der Waals surface area (Å²) in [6.45, 7) is 5.47. The molecule has 0 radical (unpaired) electrons. The van der Waals surface area contributed by atoms with E-state index in [-0.39, 0.29) is 0 Å². The number of fused-ring (bicyclic) bond motifs is 1. The van der Waals surface area contributed by atoms with Crippen LogP contribution in [0.5, 0.6) is 0 Å². The maximum absolute atomic E-state index is 5.52. The van der Waals surface area contributed by atoms with Crippen molar-refractivity contribution in [3.63, 3.8) is 0 Å². The molecule has 10 nitrogen and oxygen atoms in total. The molecule has 3 aromatic rings. The van der Waals surface area contributed by atoms with Crippen molar-refractivity contribution in [3.05, 3.63) is 30.7 Å². The zero-order valence-corrected chi connectivity index (χ0v) is 19.6. The van der Waals surface area contributed by atoms with Crippen LogP contribution in [0.1, 0.15) is 44.6 Å². The fraction of sp³-hybridized carbons (Fsp3) is 0.625. The number of ether oxygens (including phenoxy) is 2. The van der Waals surface area contributed by atoms with Crippen molar-refractivity contribution in [1.82, 2.24) is 29.3 Å². The van der Waals surface area contributed by atoms with Gasteiger partial charge in [0.25, 0.3) is 0 Å². The third-order valence-corrected chi connectivity index (χ3v) is 7.41. The van der Waals surface area contributed by atoms with Gasteiger partial charge in [0.1, 0.15) is 5.52 Å². The van der Waals surface area contributed by atoms with Crippen LogP contribution in [0, 0.1) is 0 Å². The van der Waals surface area contributed by atoms with Crippen LogP contribution in [0.2, 0.25) is 0 Å². The third-order valence-electron chi connectivity index (χ3n) is 7.41. The first kappa shape index (κ1) is 21.8. The summed E-state index contributed by atoms with van der Waals surface area (Å²) in [5.41, 5.74) is 1.90. The standard InChI is InChI=1S/C24H34N8O2/c1-2-22-23(26-18-3-5-20(6-4-18)30-10-14-34-15-11-30)28-24(29-31(22)9-1)27-19-16-25-32(17-19)21-7-12-33-13-8-21/h1-2,9,16-18,20-21H,3-8,10-15H2,(H2,26,27,28,29). The molecule has 3 aliphatic rings. The fourth-order valence-corrected chi connectivity index (χ4v) is 5.50.